The summed E-state index contributed by atoms with van der Waals surface area (Å²) in [6.45, 7) is 2.05. The molecule has 0 aromatic heterocycles. The van der Waals surface area contributed by atoms with Gasteiger partial charge in [-0.15, -0.1) is 0 Å². The molecule has 7 heteroatoms. The van der Waals surface area contributed by atoms with Crippen LogP contribution in [0.4, 0.5) is 0 Å². The van der Waals surface area contributed by atoms with E-state index in [0.717, 1.165) is 19.3 Å². The SMILES string of the molecule is CCCCCCCCCCCCCCCC(CC(=O)[O-])C(=O)N(CCO)CCO.[Na+]. The Morgan fingerprint density at radius 2 is 1.17 bits per heavy atom. The van der Waals surface area contributed by atoms with Gasteiger partial charge in [0.1, 0.15) is 0 Å². The van der Waals surface area contributed by atoms with E-state index >= 15 is 0 Å². The number of nitrogens with zero attached hydrogens (tertiary/aromatic N) is 1. The van der Waals surface area contributed by atoms with Crippen molar-refractivity contribution in [3.63, 3.8) is 0 Å². The molecule has 0 heterocycles. The first-order chi connectivity index (χ1) is 14.1. The van der Waals surface area contributed by atoms with Crippen LogP contribution in [0, 0.1) is 5.92 Å². The van der Waals surface area contributed by atoms with E-state index in [4.69, 9.17) is 10.2 Å². The van der Waals surface area contributed by atoms with Crippen LogP contribution in [0.5, 0.6) is 0 Å². The Bertz CT molecular complexity index is 403. The molecule has 0 saturated heterocycles. The molecule has 6 nitrogen and oxygen atoms in total. The van der Waals surface area contributed by atoms with Crippen molar-refractivity contribution in [3.8, 4) is 0 Å². The van der Waals surface area contributed by atoms with E-state index < -0.39 is 11.9 Å². The van der Waals surface area contributed by atoms with Crippen molar-refractivity contribution in [2.24, 2.45) is 5.92 Å². The van der Waals surface area contributed by atoms with Gasteiger partial charge < -0.3 is 25.0 Å². The van der Waals surface area contributed by atoms with Crippen LogP contribution >= 0.6 is 0 Å². The van der Waals surface area contributed by atoms with E-state index in [1.807, 2.05) is 0 Å². The fraction of sp³-hybridized carbons (Fsp3) is 0.913. The van der Waals surface area contributed by atoms with Gasteiger partial charge in [-0.05, 0) is 12.8 Å². The summed E-state index contributed by atoms with van der Waals surface area (Å²) in [4.78, 5) is 24.9. The molecule has 0 saturated carbocycles. The molecule has 0 radical (unpaired) electrons. The zero-order chi connectivity index (χ0) is 21.7. The maximum absolute atomic E-state index is 12.5. The number of carbonyl (C=O) groups excluding carboxylic acids is 2. The van der Waals surface area contributed by atoms with Gasteiger partial charge in [0.05, 0.1) is 13.2 Å². The number of carboxylic acids is 1. The second-order valence-corrected chi connectivity index (χ2v) is 8.08. The number of aliphatic hydroxyl groups excluding tert-OH is 2. The third-order valence-electron chi connectivity index (χ3n) is 5.47. The van der Waals surface area contributed by atoms with E-state index in [1.165, 1.54) is 69.1 Å². The molecule has 0 rings (SSSR count). The molecular weight excluding hydrogens is 393 g/mol. The number of aliphatic carboxylic acids is 1. The third kappa shape index (κ3) is 18.6. The number of aliphatic hydroxyl groups is 2. The largest absolute Gasteiger partial charge is 1.00 e. The molecule has 0 aliphatic carbocycles. The van der Waals surface area contributed by atoms with Crippen LogP contribution < -0.4 is 34.7 Å². The summed E-state index contributed by atoms with van der Waals surface area (Å²) in [5.41, 5.74) is 0. The number of unbranched alkanes of at least 4 members (excludes halogenated alkanes) is 12. The summed E-state index contributed by atoms with van der Waals surface area (Å²) in [6.07, 6.45) is 16.3. The van der Waals surface area contributed by atoms with E-state index in [0.29, 0.717) is 6.42 Å². The standard InChI is InChI=1S/C23H45NO5.Na/c1-2-3-4-5-6-7-8-9-10-11-12-13-14-15-21(20-22(27)28)23(29)24(16-18-25)17-19-26;/h21,25-26H,2-20H2,1H3,(H,27,28);/q;+1/p-1. The molecule has 1 atom stereocenters. The first kappa shape index (κ1) is 32.0. The Labute approximate surface area is 206 Å². The second-order valence-electron chi connectivity index (χ2n) is 8.08. The predicted octanol–water partition coefficient (Wildman–Crippen LogP) is 0.0411. The van der Waals surface area contributed by atoms with Crippen molar-refractivity contribution in [3.05, 3.63) is 0 Å². The Balaban J connectivity index is 0. The molecule has 0 fully saturated rings. The number of hydrogen-bond acceptors (Lipinski definition) is 5. The third-order valence-corrected chi connectivity index (χ3v) is 5.47. The van der Waals surface area contributed by atoms with E-state index in [2.05, 4.69) is 6.92 Å². The number of rotatable bonds is 21. The smallest absolute Gasteiger partial charge is 0.550 e. The molecule has 1 unspecified atom stereocenters. The first-order valence-electron chi connectivity index (χ1n) is 11.8. The maximum atomic E-state index is 12.5. The summed E-state index contributed by atoms with van der Waals surface area (Å²) in [5, 5.41) is 29.1. The van der Waals surface area contributed by atoms with Crippen molar-refractivity contribution in [2.75, 3.05) is 26.3 Å². The molecule has 30 heavy (non-hydrogen) atoms. The van der Waals surface area contributed by atoms with Gasteiger partial charge in [-0.3, -0.25) is 4.79 Å². The summed E-state index contributed by atoms with van der Waals surface area (Å²) in [5.74, 6) is -2.17. The minimum Gasteiger partial charge on any atom is -0.550 e. The minimum absolute atomic E-state index is 0. The zero-order valence-electron chi connectivity index (χ0n) is 19.6. The number of amides is 1. The van der Waals surface area contributed by atoms with Gasteiger partial charge in [-0.2, -0.15) is 0 Å². The minimum atomic E-state index is -1.23. The Hall–Kier alpha value is -0.140. The Morgan fingerprint density at radius 1 is 0.767 bits per heavy atom. The molecular formula is C23H44NNaO5. The van der Waals surface area contributed by atoms with Crippen molar-refractivity contribution in [2.45, 2.75) is 103 Å². The molecule has 0 aliphatic heterocycles. The van der Waals surface area contributed by atoms with Gasteiger partial charge in [-0.25, -0.2) is 0 Å². The molecule has 0 aliphatic rings. The zero-order valence-corrected chi connectivity index (χ0v) is 21.6. The van der Waals surface area contributed by atoms with Crippen LogP contribution in [0.1, 0.15) is 103 Å². The van der Waals surface area contributed by atoms with Crippen LogP contribution in [0.15, 0.2) is 0 Å². The summed E-state index contributed by atoms with van der Waals surface area (Å²) < 4.78 is 0. The molecule has 172 valence electrons. The van der Waals surface area contributed by atoms with Crippen LogP contribution in [0.2, 0.25) is 0 Å². The first-order valence-corrected chi connectivity index (χ1v) is 11.8. The van der Waals surface area contributed by atoms with Gasteiger partial charge in [-0.1, -0.05) is 90.4 Å². The molecule has 0 aromatic carbocycles. The fourth-order valence-electron chi connectivity index (χ4n) is 3.75. The Kier molecular flexibility index (Phi) is 25.1. The summed E-state index contributed by atoms with van der Waals surface area (Å²) in [7, 11) is 0. The quantitative estimate of drug-likeness (QED) is 0.195. The molecule has 1 amide bonds. The van der Waals surface area contributed by atoms with Crippen LogP contribution in [0.3, 0.4) is 0 Å². The van der Waals surface area contributed by atoms with Gasteiger partial charge in [0.2, 0.25) is 5.91 Å². The van der Waals surface area contributed by atoms with Crippen molar-refractivity contribution < 1.29 is 54.5 Å². The van der Waals surface area contributed by atoms with Crippen molar-refractivity contribution in [1.82, 2.24) is 4.90 Å². The van der Waals surface area contributed by atoms with Gasteiger partial charge in [0, 0.05) is 25.0 Å². The van der Waals surface area contributed by atoms with E-state index in [-0.39, 0.29) is 68.2 Å². The monoisotopic (exact) mass is 437 g/mol. The van der Waals surface area contributed by atoms with Crippen LogP contribution in [-0.4, -0.2) is 53.3 Å². The number of carbonyl (C=O) groups is 2. The van der Waals surface area contributed by atoms with Gasteiger partial charge >= 0.3 is 29.6 Å². The molecule has 0 bridgehead atoms. The van der Waals surface area contributed by atoms with Gasteiger partial charge in [0.25, 0.3) is 0 Å². The van der Waals surface area contributed by atoms with Crippen LogP contribution in [0.25, 0.3) is 0 Å². The Morgan fingerprint density at radius 3 is 1.53 bits per heavy atom. The molecule has 0 aromatic rings. The average Bonchev–Trinajstić information content (AvgIpc) is 2.69. The molecule has 0 spiro atoms. The summed E-state index contributed by atoms with van der Waals surface area (Å²) in [6, 6.07) is 0. The van der Waals surface area contributed by atoms with E-state index in [9.17, 15) is 14.7 Å². The van der Waals surface area contributed by atoms with Gasteiger partial charge in [0.15, 0.2) is 0 Å². The summed E-state index contributed by atoms with van der Waals surface area (Å²) >= 11 is 0. The number of carboxylic acid groups (broad SMARTS) is 1. The predicted molar refractivity (Wildman–Crippen MR) is 114 cm³/mol. The molecule has 2 N–H and O–H groups in total. The van der Waals surface area contributed by atoms with Crippen molar-refractivity contribution >= 4 is 11.9 Å². The second kappa shape index (κ2) is 23.5. The number of hydrogen-bond donors (Lipinski definition) is 2. The fourth-order valence-corrected chi connectivity index (χ4v) is 3.75. The topological polar surface area (TPSA) is 101 Å². The maximum Gasteiger partial charge on any atom is 1.00 e. The van der Waals surface area contributed by atoms with Crippen LogP contribution in [-0.2, 0) is 9.59 Å². The normalized spacial score (nSPS) is 11.7. The average molecular weight is 438 g/mol. The van der Waals surface area contributed by atoms with Crippen molar-refractivity contribution in [1.29, 1.82) is 0 Å². The van der Waals surface area contributed by atoms with E-state index in [1.54, 1.807) is 0 Å².